The van der Waals surface area contributed by atoms with Crippen molar-refractivity contribution >= 4 is 39.1 Å². The fraction of sp³-hybridized carbons (Fsp3) is 0.0667. The maximum atomic E-state index is 13.1. The van der Waals surface area contributed by atoms with E-state index >= 15 is 0 Å². The summed E-state index contributed by atoms with van der Waals surface area (Å²) < 4.78 is 13.4. The van der Waals surface area contributed by atoms with Crippen molar-refractivity contribution in [3.8, 4) is 0 Å². The molecule has 0 fully saturated rings. The summed E-state index contributed by atoms with van der Waals surface area (Å²) >= 11 is 3.04. The Hall–Kier alpha value is -2.21. The Morgan fingerprint density at radius 2 is 1.71 bits per heavy atom. The number of amides is 2. The van der Waals surface area contributed by atoms with Crippen LogP contribution < -0.4 is 10.6 Å². The quantitative estimate of drug-likeness (QED) is 0.804. The minimum absolute atomic E-state index is 0.0819. The van der Waals surface area contributed by atoms with Gasteiger partial charge in [-0.1, -0.05) is 12.1 Å². The topological polar surface area (TPSA) is 58.2 Å². The van der Waals surface area contributed by atoms with Gasteiger partial charge in [0.05, 0.1) is 4.47 Å². The standard InChI is InChI=1S/C15H12BrFN2O2/c1-9(20)10-3-2-4-11(7-10)18-15(21)19-12-5-6-14(17)13(16)8-12/h2-8H,1H3,(H2,18,19,21). The molecule has 2 amide bonds. The molecule has 2 N–H and O–H groups in total. The SMILES string of the molecule is CC(=O)c1cccc(NC(=O)Nc2ccc(F)c(Br)c2)c1. The van der Waals surface area contributed by atoms with Gasteiger partial charge in [0.25, 0.3) is 0 Å². The third-order valence-electron chi connectivity index (χ3n) is 2.70. The van der Waals surface area contributed by atoms with Crippen LogP contribution in [-0.2, 0) is 0 Å². The molecule has 0 aromatic heterocycles. The van der Waals surface area contributed by atoms with Crippen molar-refractivity contribution in [1.82, 2.24) is 0 Å². The molecule has 2 aromatic rings. The molecule has 0 heterocycles. The number of hydrogen-bond acceptors (Lipinski definition) is 2. The van der Waals surface area contributed by atoms with Crippen LogP contribution in [0.25, 0.3) is 0 Å². The smallest absolute Gasteiger partial charge is 0.308 e. The summed E-state index contributed by atoms with van der Waals surface area (Å²) in [7, 11) is 0. The maximum absolute atomic E-state index is 13.1. The first-order chi connectivity index (χ1) is 9.95. The van der Waals surface area contributed by atoms with E-state index in [2.05, 4.69) is 26.6 Å². The zero-order valence-corrected chi connectivity index (χ0v) is 12.7. The van der Waals surface area contributed by atoms with Crippen LogP contribution >= 0.6 is 15.9 Å². The summed E-state index contributed by atoms with van der Waals surface area (Å²) in [4.78, 5) is 23.1. The normalized spacial score (nSPS) is 10.0. The van der Waals surface area contributed by atoms with E-state index in [1.54, 1.807) is 24.3 Å². The fourth-order valence-electron chi connectivity index (χ4n) is 1.68. The molecule has 0 aliphatic carbocycles. The third kappa shape index (κ3) is 4.13. The molecule has 6 heteroatoms. The zero-order chi connectivity index (χ0) is 15.4. The van der Waals surface area contributed by atoms with Crippen molar-refractivity contribution in [2.24, 2.45) is 0 Å². The molecule has 2 aromatic carbocycles. The van der Waals surface area contributed by atoms with Crippen LogP contribution in [0.3, 0.4) is 0 Å². The van der Waals surface area contributed by atoms with Crippen LogP contribution in [0.2, 0.25) is 0 Å². The number of rotatable bonds is 3. The van der Waals surface area contributed by atoms with E-state index in [9.17, 15) is 14.0 Å². The summed E-state index contributed by atoms with van der Waals surface area (Å²) in [5, 5.41) is 5.18. The van der Waals surface area contributed by atoms with Crippen LogP contribution in [-0.4, -0.2) is 11.8 Å². The predicted octanol–water partition coefficient (Wildman–Crippen LogP) is 4.43. The van der Waals surface area contributed by atoms with Crippen LogP contribution in [0.1, 0.15) is 17.3 Å². The second-order valence-electron chi connectivity index (χ2n) is 4.35. The zero-order valence-electron chi connectivity index (χ0n) is 11.1. The number of hydrogen-bond donors (Lipinski definition) is 2. The minimum Gasteiger partial charge on any atom is -0.308 e. The van der Waals surface area contributed by atoms with Gasteiger partial charge < -0.3 is 10.6 Å². The molecule has 0 bridgehead atoms. The van der Waals surface area contributed by atoms with E-state index in [1.165, 1.54) is 25.1 Å². The van der Waals surface area contributed by atoms with Crippen molar-refractivity contribution in [1.29, 1.82) is 0 Å². The van der Waals surface area contributed by atoms with Crippen molar-refractivity contribution in [2.75, 3.05) is 10.6 Å². The Kier molecular flexibility index (Phi) is 4.70. The number of benzene rings is 2. The average Bonchev–Trinajstić information content (AvgIpc) is 2.43. The van der Waals surface area contributed by atoms with Gasteiger partial charge in [-0.15, -0.1) is 0 Å². The number of nitrogens with one attached hydrogen (secondary N) is 2. The lowest BCUT2D eigenvalue weighted by Crippen LogP contribution is -2.19. The maximum Gasteiger partial charge on any atom is 0.323 e. The van der Waals surface area contributed by atoms with Gasteiger partial charge >= 0.3 is 6.03 Å². The van der Waals surface area contributed by atoms with Gasteiger partial charge in [-0.05, 0) is 53.2 Å². The number of anilines is 2. The Morgan fingerprint density at radius 3 is 2.33 bits per heavy atom. The van der Waals surface area contributed by atoms with E-state index in [0.717, 1.165) is 0 Å². The lowest BCUT2D eigenvalue weighted by molar-refractivity contribution is 0.101. The van der Waals surface area contributed by atoms with E-state index < -0.39 is 11.8 Å². The van der Waals surface area contributed by atoms with Gasteiger partial charge in [0.1, 0.15) is 5.82 Å². The molecule has 4 nitrogen and oxygen atoms in total. The van der Waals surface area contributed by atoms with Crippen LogP contribution in [0.15, 0.2) is 46.9 Å². The van der Waals surface area contributed by atoms with Crippen molar-refractivity contribution < 1.29 is 14.0 Å². The van der Waals surface area contributed by atoms with E-state index in [-0.39, 0.29) is 10.3 Å². The number of urea groups is 1. The number of carbonyl (C=O) groups excluding carboxylic acids is 2. The van der Waals surface area contributed by atoms with Gasteiger partial charge in [-0.2, -0.15) is 0 Å². The highest BCUT2D eigenvalue weighted by atomic mass is 79.9. The van der Waals surface area contributed by atoms with E-state index in [1.807, 2.05) is 0 Å². The molecule has 0 aliphatic rings. The highest BCUT2D eigenvalue weighted by Gasteiger charge is 2.06. The second kappa shape index (κ2) is 6.49. The largest absolute Gasteiger partial charge is 0.323 e. The molecule has 0 saturated carbocycles. The van der Waals surface area contributed by atoms with Gasteiger partial charge in [0, 0.05) is 16.9 Å². The number of ketones is 1. The molecule has 108 valence electrons. The summed E-state index contributed by atoms with van der Waals surface area (Å²) in [6.07, 6.45) is 0. The first kappa shape index (κ1) is 15.2. The number of carbonyl (C=O) groups is 2. The van der Waals surface area contributed by atoms with Crippen LogP contribution in [0.5, 0.6) is 0 Å². The average molecular weight is 351 g/mol. The van der Waals surface area contributed by atoms with Crippen LogP contribution in [0, 0.1) is 5.82 Å². The summed E-state index contributed by atoms with van der Waals surface area (Å²) in [6.45, 7) is 1.45. The molecule has 0 spiro atoms. The Balaban J connectivity index is 2.06. The highest BCUT2D eigenvalue weighted by Crippen LogP contribution is 2.20. The molecular weight excluding hydrogens is 339 g/mol. The molecule has 21 heavy (non-hydrogen) atoms. The summed E-state index contributed by atoms with van der Waals surface area (Å²) in [5.41, 5.74) is 1.46. The Bertz CT molecular complexity index is 704. The summed E-state index contributed by atoms with van der Waals surface area (Å²) in [5.74, 6) is -0.489. The van der Waals surface area contributed by atoms with Crippen molar-refractivity contribution in [3.05, 3.63) is 58.3 Å². The number of Topliss-reactive ketones (excluding diaryl/α,β-unsaturated/α-hetero) is 1. The molecule has 0 aliphatic heterocycles. The molecular formula is C15H12BrFN2O2. The molecule has 0 radical (unpaired) electrons. The van der Waals surface area contributed by atoms with Crippen molar-refractivity contribution in [2.45, 2.75) is 6.92 Å². The lowest BCUT2D eigenvalue weighted by atomic mass is 10.1. The predicted molar refractivity (Wildman–Crippen MR) is 83.2 cm³/mol. The summed E-state index contributed by atoms with van der Waals surface area (Å²) in [6, 6.07) is 10.3. The molecule has 0 saturated heterocycles. The van der Waals surface area contributed by atoms with Gasteiger partial charge in [-0.3, -0.25) is 4.79 Å². The lowest BCUT2D eigenvalue weighted by Gasteiger charge is -2.09. The van der Waals surface area contributed by atoms with Gasteiger partial charge in [-0.25, -0.2) is 9.18 Å². The molecule has 0 atom stereocenters. The highest BCUT2D eigenvalue weighted by molar-refractivity contribution is 9.10. The van der Waals surface area contributed by atoms with E-state index in [4.69, 9.17) is 0 Å². The third-order valence-corrected chi connectivity index (χ3v) is 3.31. The van der Waals surface area contributed by atoms with Crippen molar-refractivity contribution in [3.63, 3.8) is 0 Å². The fourth-order valence-corrected chi connectivity index (χ4v) is 2.06. The molecule has 0 unspecified atom stereocenters. The van der Waals surface area contributed by atoms with Gasteiger partial charge in [0.15, 0.2) is 5.78 Å². The molecule has 2 rings (SSSR count). The minimum atomic E-state index is -0.478. The van der Waals surface area contributed by atoms with Gasteiger partial charge in [0.2, 0.25) is 0 Å². The van der Waals surface area contributed by atoms with Crippen LogP contribution in [0.4, 0.5) is 20.6 Å². The first-order valence-corrected chi connectivity index (χ1v) is 6.89. The monoisotopic (exact) mass is 350 g/mol. The second-order valence-corrected chi connectivity index (χ2v) is 5.20. The first-order valence-electron chi connectivity index (χ1n) is 6.10. The van der Waals surface area contributed by atoms with E-state index in [0.29, 0.717) is 16.9 Å². The Labute approximate surface area is 129 Å². The Morgan fingerprint density at radius 1 is 1.05 bits per heavy atom. The number of halogens is 2.